The molecule has 1 fully saturated rings. The fourth-order valence-electron chi connectivity index (χ4n) is 4.37. The van der Waals surface area contributed by atoms with Crippen LogP contribution in [0.15, 0.2) is 55.1 Å². The van der Waals surface area contributed by atoms with E-state index in [-0.39, 0.29) is 30.4 Å². The highest BCUT2D eigenvalue weighted by Gasteiger charge is 2.34. The molecule has 2 N–H and O–H groups in total. The zero-order valence-corrected chi connectivity index (χ0v) is 19.6. The molecule has 0 bridgehead atoms. The Kier molecular flexibility index (Phi) is 7.54. The molecule has 1 unspecified atom stereocenters. The highest BCUT2D eigenvalue weighted by molar-refractivity contribution is 5.98. The summed E-state index contributed by atoms with van der Waals surface area (Å²) in [7, 11) is 1.54. The highest BCUT2D eigenvalue weighted by Crippen LogP contribution is 2.32. The molecule has 2 aliphatic rings. The number of hydrogen-bond acceptors (Lipinski definition) is 6. The first-order valence-corrected chi connectivity index (χ1v) is 11.5. The molecule has 184 valence electrons. The SMILES string of the molecule is C=CCNC(=O)C(NC(=O)c1ccc2c(c1)OCO2)C1CCN(C(=O)c2ccccc2OC)CC1. The average molecular weight is 480 g/mol. The number of hydrogen-bond donors (Lipinski definition) is 2. The number of benzene rings is 2. The van der Waals surface area contributed by atoms with Crippen molar-refractivity contribution in [3.8, 4) is 17.2 Å². The summed E-state index contributed by atoms with van der Waals surface area (Å²) < 4.78 is 16.0. The lowest BCUT2D eigenvalue weighted by Crippen LogP contribution is -2.53. The van der Waals surface area contributed by atoms with Gasteiger partial charge in [-0.25, -0.2) is 0 Å². The minimum atomic E-state index is -0.753. The fraction of sp³-hybridized carbons (Fsp3) is 0.346. The van der Waals surface area contributed by atoms with Gasteiger partial charge in [0.1, 0.15) is 11.8 Å². The lowest BCUT2D eigenvalue weighted by molar-refractivity contribution is -0.124. The quantitative estimate of drug-likeness (QED) is 0.563. The number of para-hydroxylation sites is 1. The molecule has 1 atom stereocenters. The Labute approximate surface area is 204 Å². The third-order valence-corrected chi connectivity index (χ3v) is 6.26. The molecule has 35 heavy (non-hydrogen) atoms. The number of carbonyl (C=O) groups is 3. The zero-order valence-electron chi connectivity index (χ0n) is 19.6. The smallest absolute Gasteiger partial charge is 0.257 e. The van der Waals surface area contributed by atoms with Crippen molar-refractivity contribution in [2.75, 3.05) is 33.5 Å². The summed E-state index contributed by atoms with van der Waals surface area (Å²) >= 11 is 0. The van der Waals surface area contributed by atoms with E-state index < -0.39 is 6.04 Å². The number of nitrogens with zero attached hydrogens (tertiary/aromatic N) is 1. The van der Waals surface area contributed by atoms with Crippen LogP contribution >= 0.6 is 0 Å². The Hall–Kier alpha value is -4.01. The number of carbonyl (C=O) groups excluding carboxylic acids is 3. The van der Waals surface area contributed by atoms with Crippen LogP contribution in [0.2, 0.25) is 0 Å². The minimum absolute atomic E-state index is 0.110. The molecule has 0 aliphatic carbocycles. The molecule has 2 aromatic carbocycles. The first kappa shape index (κ1) is 24.1. The minimum Gasteiger partial charge on any atom is -0.496 e. The van der Waals surface area contributed by atoms with Crippen molar-refractivity contribution in [2.24, 2.45) is 5.92 Å². The van der Waals surface area contributed by atoms with Crippen LogP contribution in [-0.4, -0.2) is 62.2 Å². The summed E-state index contributed by atoms with van der Waals surface area (Å²) in [5.41, 5.74) is 0.879. The van der Waals surface area contributed by atoms with Gasteiger partial charge in [0.25, 0.3) is 11.8 Å². The zero-order chi connectivity index (χ0) is 24.8. The van der Waals surface area contributed by atoms with Crippen LogP contribution in [0, 0.1) is 5.92 Å². The largest absolute Gasteiger partial charge is 0.496 e. The normalized spacial score (nSPS) is 15.7. The predicted octanol–water partition coefficient (Wildman–Crippen LogP) is 2.38. The molecule has 9 nitrogen and oxygen atoms in total. The van der Waals surface area contributed by atoms with Crippen molar-refractivity contribution >= 4 is 17.7 Å². The van der Waals surface area contributed by atoms with Crippen LogP contribution in [-0.2, 0) is 4.79 Å². The van der Waals surface area contributed by atoms with Gasteiger partial charge in [-0.15, -0.1) is 6.58 Å². The number of rotatable bonds is 8. The van der Waals surface area contributed by atoms with E-state index in [0.29, 0.717) is 60.9 Å². The van der Waals surface area contributed by atoms with Crippen molar-refractivity contribution in [1.29, 1.82) is 0 Å². The number of ether oxygens (including phenoxy) is 3. The predicted molar refractivity (Wildman–Crippen MR) is 129 cm³/mol. The van der Waals surface area contributed by atoms with Crippen LogP contribution in [0.1, 0.15) is 33.6 Å². The van der Waals surface area contributed by atoms with Gasteiger partial charge in [0.05, 0.1) is 12.7 Å². The number of methoxy groups -OCH3 is 1. The number of nitrogens with one attached hydrogen (secondary N) is 2. The number of amides is 3. The lowest BCUT2D eigenvalue weighted by Gasteiger charge is -2.36. The Bertz CT molecular complexity index is 1110. The summed E-state index contributed by atoms with van der Waals surface area (Å²) in [4.78, 5) is 40.8. The van der Waals surface area contributed by atoms with Crippen molar-refractivity contribution < 1.29 is 28.6 Å². The van der Waals surface area contributed by atoms with Crippen LogP contribution in [0.3, 0.4) is 0 Å². The van der Waals surface area contributed by atoms with E-state index in [1.165, 1.54) is 7.11 Å². The molecule has 2 aromatic rings. The molecule has 1 saturated heterocycles. The molecular weight excluding hydrogens is 450 g/mol. The molecule has 0 radical (unpaired) electrons. The summed E-state index contributed by atoms with van der Waals surface area (Å²) in [6, 6.07) is 11.3. The second kappa shape index (κ2) is 10.9. The van der Waals surface area contributed by atoms with E-state index in [1.54, 1.807) is 47.4 Å². The van der Waals surface area contributed by atoms with Gasteiger partial charge in [0.2, 0.25) is 12.7 Å². The molecule has 2 heterocycles. The van der Waals surface area contributed by atoms with Gasteiger partial charge in [-0.3, -0.25) is 14.4 Å². The molecule has 0 aromatic heterocycles. The Morgan fingerprint density at radius 2 is 1.89 bits per heavy atom. The maximum absolute atomic E-state index is 13.1. The molecule has 4 rings (SSSR count). The molecule has 9 heteroatoms. The lowest BCUT2D eigenvalue weighted by atomic mass is 9.88. The Morgan fingerprint density at radius 3 is 2.63 bits per heavy atom. The second-order valence-electron chi connectivity index (χ2n) is 8.38. The summed E-state index contributed by atoms with van der Waals surface area (Å²) in [5, 5.41) is 5.68. The van der Waals surface area contributed by atoms with Gasteiger partial charge in [-0.1, -0.05) is 18.2 Å². The van der Waals surface area contributed by atoms with E-state index in [0.717, 1.165) is 0 Å². The first-order valence-electron chi connectivity index (χ1n) is 11.5. The van der Waals surface area contributed by atoms with Crippen molar-refractivity contribution in [3.05, 3.63) is 66.2 Å². The maximum atomic E-state index is 13.1. The summed E-state index contributed by atoms with van der Waals surface area (Å²) in [6.07, 6.45) is 2.71. The third-order valence-electron chi connectivity index (χ3n) is 6.26. The summed E-state index contributed by atoms with van der Waals surface area (Å²) in [6.45, 7) is 4.97. The van der Waals surface area contributed by atoms with Gasteiger partial charge < -0.3 is 29.7 Å². The standard InChI is InChI=1S/C26H29N3O6/c1-3-12-27-25(31)23(28-24(30)18-8-9-21-22(15-18)35-16-34-21)17-10-13-29(14-11-17)26(32)19-6-4-5-7-20(19)33-2/h3-9,15,17,23H,1,10-14,16H2,2H3,(H,27,31)(H,28,30). The number of piperidine rings is 1. The van der Waals surface area contributed by atoms with E-state index in [9.17, 15) is 14.4 Å². The van der Waals surface area contributed by atoms with Gasteiger partial charge in [-0.2, -0.15) is 0 Å². The van der Waals surface area contributed by atoms with Crippen LogP contribution in [0.4, 0.5) is 0 Å². The Balaban J connectivity index is 1.44. The summed E-state index contributed by atoms with van der Waals surface area (Å²) in [5.74, 6) is 0.681. The van der Waals surface area contributed by atoms with Crippen molar-refractivity contribution in [2.45, 2.75) is 18.9 Å². The highest BCUT2D eigenvalue weighted by atomic mass is 16.7. The number of fused-ring (bicyclic) bond motifs is 1. The van der Waals surface area contributed by atoms with Crippen LogP contribution < -0.4 is 24.8 Å². The first-order chi connectivity index (χ1) is 17.0. The van der Waals surface area contributed by atoms with Gasteiger partial charge in [0, 0.05) is 25.2 Å². The van der Waals surface area contributed by atoms with Crippen molar-refractivity contribution in [3.63, 3.8) is 0 Å². The number of likely N-dealkylation sites (tertiary alicyclic amines) is 1. The topological polar surface area (TPSA) is 106 Å². The monoisotopic (exact) mass is 479 g/mol. The van der Waals surface area contributed by atoms with Crippen LogP contribution in [0.25, 0.3) is 0 Å². The third kappa shape index (κ3) is 5.40. The fourth-order valence-corrected chi connectivity index (χ4v) is 4.37. The van der Waals surface area contributed by atoms with Gasteiger partial charge in [0.15, 0.2) is 11.5 Å². The molecule has 0 spiro atoms. The van der Waals surface area contributed by atoms with E-state index >= 15 is 0 Å². The molecule has 0 saturated carbocycles. The van der Waals surface area contributed by atoms with Gasteiger partial charge in [-0.05, 0) is 49.1 Å². The van der Waals surface area contributed by atoms with Crippen molar-refractivity contribution in [1.82, 2.24) is 15.5 Å². The molecule has 2 aliphatic heterocycles. The average Bonchev–Trinajstić information content (AvgIpc) is 3.38. The van der Waals surface area contributed by atoms with Gasteiger partial charge >= 0.3 is 0 Å². The van der Waals surface area contributed by atoms with E-state index in [1.807, 2.05) is 6.07 Å². The molecule has 3 amide bonds. The second-order valence-corrected chi connectivity index (χ2v) is 8.38. The van der Waals surface area contributed by atoms with Crippen LogP contribution in [0.5, 0.6) is 17.2 Å². The Morgan fingerprint density at radius 1 is 1.14 bits per heavy atom. The van der Waals surface area contributed by atoms with E-state index in [2.05, 4.69) is 17.2 Å². The molecular formula is C26H29N3O6. The maximum Gasteiger partial charge on any atom is 0.257 e. The van der Waals surface area contributed by atoms with E-state index in [4.69, 9.17) is 14.2 Å².